The van der Waals surface area contributed by atoms with Gasteiger partial charge in [0.25, 0.3) is 0 Å². The molecule has 0 aliphatic rings. The van der Waals surface area contributed by atoms with Crippen molar-refractivity contribution in [1.82, 2.24) is 14.5 Å². The number of rotatable bonds is 13. The van der Waals surface area contributed by atoms with E-state index in [0.717, 1.165) is 80.1 Å². The molecule has 6 nitrogen and oxygen atoms in total. The zero-order valence-electron chi connectivity index (χ0n) is 23.4. The Kier molecular flexibility index (Phi) is 9.92. The molecule has 0 aliphatic carbocycles. The van der Waals surface area contributed by atoms with Crippen molar-refractivity contribution in [2.24, 2.45) is 0 Å². The highest BCUT2D eigenvalue weighted by Crippen LogP contribution is 2.31. The summed E-state index contributed by atoms with van der Waals surface area (Å²) in [6, 6.07) is 26.6. The van der Waals surface area contributed by atoms with Gasteiger partial charge >= 0.3 is 5.97 Å². The SMILES string of the molecule is CCCCN(Cc1ccc(C(=O)OC)c(N)c1)Cc1c(-c2ccccc2)nc(-c2ccccc2)n1CCCC. The molecule has 0 bridgehead atoms. The van der Waals surface area contributed by atoms with E-state index in [1.165, 1.54) is 12.8 Å². The molecule has 4 aromatic rings. The normalized spacial score (nSPS) is 11.2. The maximum Gasteiger partial charge on any atom is 0.339 e. The number of nitrogens with two attached hydrogens (primary N) is 1. The molecule has 0 saturated carbocycles. The zero-order valence-corrected chi connectivity index (χ0v) is 23.4. The summed E-state index contributed by atoms with van der Waals surface area (Å²) < 4.78 is 7.30. The maximum absolute atomic E-state index is 12.0. The zero-order chi connectivity index (χ0) is 27.6. The number of ether oxygens (including phenoxy) is 1. The number of esters is 1. The van der Waals surface area contributed by atoms with Crippen LogP contribution in [0, 0.1) is 0 Å². The Morgan fingerprint density at radius 3 is 2.18 bits per heavy atom. The van der Waals surface area contributed by atoms with Crippen LogP contribution in [-0.2, 0) is 24.4 Å². The van der Waals surface area contributed by atoms with Gasteiger partial charge in [0.15, 0.2) is 0 Å². The summed E-state index contributed by atoms with van der Waals surface area (Å²) in [5.74, 6) is 0.600. The van der Waals surface area contributed by atoms with E-state index in [-0.39, 0.29) is 0 Å². The van der Waals surface area contributed by atoms with Gasteiger partial charge in [-0.1, -0.05) is 93.4 Å². The summed E-state index contributed by atoms with van der Waals surface area (Å²) in [6.45, 7) is 7.79. The van der Waals surface area contributed by atoms with E-state index < -0.39 is 5.97 Å². The third-order valence-electron chi connectivity index (χ3n) is 7.02. The number of carbonyl (C=O) groups excluding carboxylic acids is 1. The number of aromatic nitrogens is 2. The minimum atomic E-state index is -0.414. The Morgan fingerprint density at radius 1 is 0.897 bits per heavy atom. The number of hydrogen-bond donors (Lipinski definition) is 1. The van der Waals surface area contributed by atoms with E-state index in [0.29, 0.717) is 11.3 Å². The van der Waals surface area contributed by atoms with E-state index in [1.807, 2.05) is 24.3 Å². The van der Waals surface area contributed by atoms with Crippen LogP contribution < -0.4 is 5.73 Å². The fraction of sp³-hybridized carbons (Fsp3) is 0.333. The first-order valence-electron chi connectivity index (χ1n) is 13.9. The van der Waals surface area contributed by atoms with Crippen LogP contribution in [0.2, 0.25) is 0 Å². The summed E-state index contributed by atoms with van der Waals surface area (Å²) in [7, 11) is 1.37. The Labute approximate surface area is 232 Å². The van der Waals surface area contributed by atoms with Crippen LogP contribution in [0.15, 0.2) is 78.9 Å². The van der Waals surface area contributed by atoms with Crippen LogP contribution in [-0.4, -0.2) is 34.1 Å². The van der Waals surface area contributed by atoms with Crippen molar-refractivity contribution in [2.75, 3.05) is 19.4 Å². The van der Waals surface area contributed by atoms with Crippen molar-refractivity contribution in [3.05, 3.63) is 95.7 Å². The van der Waals surface area contributed by atoms with Gasteiger partial charge in [0.05, 0.1) is 24.1 Å². The highest BCUT2D eigenvalue weighted by Gasteiger charge is 2.22. The van der Waals surface area contributed by atoms with Crippen molar-refractivity contribution in [2.45, 2.75) is 59.2 Å². The average molecular weight is 525 g/mol. The Morgan fingerprint density at radius 2 is 1.56 bits per heavy atom. The van der Waals surface area contributed by atoms with Crippen molar-refractivity contribution < 1.29 is 9.53 Å². The number of nitrogens with zero attached hydrogens (tertiary/aromatic N) is 3. The number of benzene rings is 3. The second-order valence-corrected chi connectivity index (χ2v) is 9.95. The molecule has 0 saturated heterocycles. The highest BCUT2D eigenvalue weighted by molar-refractivity contribution is 5.95. The molecule has 0 fully saturated rings. The molecule has 3 aromatic carbocycles. The molecule has 0 amide bonds. The van der Waals surface area contributed by atoms with Gasteiger partial charge in [0.2, 0.25) is 0 Å². The van der Waals surface area contributed by atoms with Crippen LogP contribution in [0.1, 0.15) is 61.1 Å². The third kappa shape index (κ3) is 6.95. The maximum atomic E-state index is 12.0. The van der Waals surface area contributed by atoms with Crippen molar-refractivity contribution in [1.29, 1.82) is 0 Å². The lowest BCUT2D eigenvalue weighted by molar-refractivity contribution is 0.0602. The number of unbranched alkanes of at least 4 members (excludes halogenated alkanes) is 2. The molecule has 2 N–H and O–H groups in total. The van der Waals surface area contributed by atoms with Crippen LogP contribution in [0.5, 0.6) is 0 Å². The molecule has 1 heterocycles. The first kappa shape index (κ1) is 28.1. The van der Waals surface area contributed by atoms with E-state index in [2.05, 4.69) is 71.8 Å². The number of imidazole rings is 1. The predicted octanol–water partition coefficient (Wildman–Crippen LogP) is 7.19. The number of nitrogen functional groups attached to an aromatic ring is 1. The van der Waals surface area contributed by atoms with E-state index >= 15 is 0 Å². The minimum Gasteiger partial charge on any atom is -0.465 e. The van der Waals surface area contributed by atoms with Crippen molar-refractivity contribution >= 4 is 11.7 Å². The molecule has 6 heteroatoms. The highest BCUT2D eigenvalue weighted by atomic mass is 16.5. The van der Waals surface area contributed by atoms with Crippen molar-refractivity contribution in [3.8, 4) is 22.6 Å². The van der Waals surface area contributed by atoms with Crippen LogP contribution in [0.25, 0.3) is 22.6 Å². The number of carbonyl (C=O) groups is 1. The van der Waals surface area contributed by atoms with Crippen LogP contribution in [0.3, 0.4) is 0 Å². The number of hydrogen-bond acceptors (Lipinski definition) is 5. The number of anilines is 1. The molecule has 0 spiro atoms. The van der Waals surface area contributed by atoms with Gasteiger partial charge < -0.3 is 15.0 Å². The lowest BCUT2D eigenvalue weighted by Crippen LogP contribution is -2.26. The summed E-state index contributed by atoms with van der Waals surface area (Å²) in [6.07, 6.45) is 4.39. The molecule has 0 aliphatic heterocycles. The molecule has 4 rings (SSSR count). The second-order valence-electron chi connectivity index (χ2n) is 9.95. The molecular weight excluding hydrogens is 484 g/mol. The molecule has 0 unspecified atom stereocenters. The summed E-state index contributed by atoms with van der Waals surface area (Å²) in [5, 5.41) is 0. The van der Waals surface area contributed by atoms with E-state index in [1.54, 1.807) is 6.07 Å². The molecule has 0 radical (unpaired) electrons. The average Bonchev–Trinajstić information content (AvgIpc) is 3.33. The minimum absolute atomic E-state index is 0.401. The largest absolute Gasteiger partial charge is 0.465 e. The van der Waals surface area contributed by atoms with Gasteiger partial charge in [-0.3, -0.25) is 4.90 Å². The van der Waals surface area contributed by atoms with Crippen molar-refractivity contribution in [3.63, 3.8) is 0 Å². The fourth-order valence-electron chi connectivity index (χ4n) is 4.91. The van der Waals surface area contributed by atoms with Crippen LogP contribution >= 0.6 is 0 Å². The molecule has 204 valence electrons. The Balaban J connectivity index is 1.76. The first-order valence-corrected chi connectivity index (χ1v) is 13.9. The fourth-order valence-corrected chi connectivity index (χ4v) is 4.91. The van der Waals surface area contributed by atoms with Gasteiger partial charge in [-0.2, -0.15) is 0 Å². The van der Waals surface area contributed by atoms with Gasteiger partial charge in [-0.05, 0) is 37.1 Å². The standard InChI is InChI=1S/C33H40N4O2/c1-4-6-20-36(23-25-18-19-28(29(34)22-25)33(38)39-3)24-30-31(26-14-10-8-11-15-26)35-32(37(30)21-7-5-2)27-16-12-9-13-17-27/h8-19,22H,4-7,20-21,23-24,34H2,1-3H3. The quantitative estimate of drug-likeness (QED) is 0.148. The molecular formula is C33H40N4O2. The Bertz CT molecular complexity index is 1350. The van der Waals surface area contributed by atoms with Gasteiger partial charge in [0, 0.05) is 36.4 Å². The molecule has 0 atom stereocenters. The third-order valence-corrected chi connectivity index (χ3v) is 7.02. The van der Waals surface area contributed by atoms with Crippen LogP contribution in [0.4, 0.5) is 5.69 Å². The number of methoxy groups -OCH3 is 1. The Hall–Kier alpha value is -3.90. The van der Waals surface area contributed by atoms with Gasteiger partial charge in [-0.25, -0.2) is 9.78 Å². The summed E-state index contributed by atoms with van der Waals surface area (Å²) in [5.41, 5.74) is 12.7. The topological polar surface area (TPSA) is 73.4 Å². The predicted molar refractivity (Wildman–Crippen MR) is 159 cm³/mol. The molecule has 1 aromatic heterocycles. The van der Waals surface area contributed by atoms with E-state index in [9.17, 15) is 4.79 Å². The second kappa shape index (κ2) is 13.8. The molecule has 39 heavy (non-hydrogen) atoms. The van der Waals surface area contributed by atoms with E-state index in [4.69, 9.17) is 15.5 Å². The van der Waals surface area contributed by atoms with Gasteiger partial charge in [0.1, 0.15) is 5.82 Å². The lowest BCUT2D eigenvalue weighted by atomic mass is 10.1. The van der Waals surface area contributed by atoms with Gasteiger partial charge in [-0.15, -0.1) is 0 Å². The first-order chi connectivity index (χ1) is 19.0. The lowest BCUT2D eigenvalue weighted by Gasteiger charge is -2.24. The smallest absolute Gasteiger partial charge is 0.339 e. The summed E-state index contributed by atoms with van der Waals surface area (Å²) in [4.78, 5) is 19.8. The monoisotopic (exact) mass is 524 g/mol. The summed E-state index contributed by atoms with van der Waals surface area (Å²) >= 11 is 0.